The molecule has 0 atom stereocenters. The maximum Gasteiger partial charge on any atom is 0.247 e. The van der Waals surface area contributed by atoms with Crippen LogP contribution in [0.2, 0.25) is 0 Å². The van der Waals surface area contributed by atoms with Crippen LogP contribution in [-0.2, 0) is 27.7 Å². The van der Waals surface area contributed by atoms with Crippen LogP contribution in [0.5, 0.6) is 5.75 Å². The van der Waals surface area contributed by atoms with Gasteiger partial charge in [-0.05, 0) is 42.2 Å². The van der Waals surface area contributed by atoms with Crippen molar-refractivity contribution in [2.45, 2.75) is 31.6 Å². The van der Waals surface area contributed by atoms with Crippen molar-refractivity contribution in [3.63, 3.8) is 0 Å². The number of aryl methyl sites for hydroxylation is 2. The van der Waals surface area contributed by atoms with Crippen molar-refractivity contribution >= 4 is 21.6 Å². The van der Waals surface area contributed by atoms with Crippen LogP contribution in [0, 0.1) is 5.82 Å². The van der Waals surface area contributed by atoms with E-state index in [-0.39, 0.29) is 10.6 Å². The smallest absolute Gasteiger partial charge is 0.247 e. The molecule has 2 aromatic carbocycles. The number of benzene rings is 2. The zero-order chi connectivity index (χ0) is 20.9. The molecule has 0 bridgehead atoms. The van der Waals surface area contributed by atoms with Crippen LogP contribution in [0.1, 0.15) is 25.0 Å². The van der Waals surface area contributed by atoms with Crippen LogP contribution >= 0.6 is 0 Å². The summed E-state index contributed by atoms with van der Waals surface area (Å²) in [5, 5.41) is 2.83. The van der Waals surface area contributed by atoms with Crippen LogP contribution in [0.3, 0.4) is 0 Å². The Morgan fingerprint density at radius 2 is 1.75 bits per heavy atom. The summed E-state index contributed by atoms with van der Waals surface area (Å²) < 4.78 is 45.1. The Balaban J connectivity index is 2.25. The van der Waals surface area contributed by atoms with Crippen molar-refractivity contribution in [3.8, 4) is 5.75 Å². The lowest BCUT2D eigenvalue weighted by molar-refractivity contribution is -0.116. The molecule has 0 heterocycles. The first-order valence-corrected chi connectivity index (χ1v) is 10.4. The molecule has 0 radical (unpaired) electrons. The van der Waals surface area contributed by atoms with Gasteiger partial charge in [0.2, 0.25) is 15.9 Å². The van der Waals surface area contributed by atoms with E-state index in [9.17, 15) is 17.6 Å². The van der Waals surface area contributed by atoms with Gasteiger partial charge in [0.1, 0.15) is 16.5 Å². The van der Waals surface area contributed by atoms with Crippen molar-refractivity contribution in [2.24, 2.45) is 0 Å². The second-order valence-corrected chi connectivity index (χ2v) is 8.28. The summed E-state index contributed by atoms with van der Waals surface area (Å²) in [5.41, 5.74) is 2.67. The molecule has 0 saturated carbocycles. The minimum atomic E-state index is -4.12. The zero-order valence-corrected chi connectivity index (χ0v) is 17.3. The van der Waals surface area contributed by atoms with Crippen molar-refractivity contribution in [2.75, 3.05) is 26.0 Å². The molecule has 28 heavy (non-hydrogen) atoms. The van der Waals surface area contributed by atoms with Gasteiger partial charge in [0, 0.05) is 12.7 Å². The van der Waals surface area contributed by atoms with E-state index in [1.165, 1.54) is 20.2 Å². The normalized spacial score (nSPS) is 11.5. The van der Waals surface area contributed by atoms with Gasteiger partial charge in [-0.3, -0.25) is 4.79 Å². The quantitative estimate of drug-likeness (QED) is 0.728. The standard InChI is InChI=1S/C20H25FN2O4S/c1-5-14-8-7-9-15(6-2)20(14)22-19(24)13-23(3)28(25,26)18-12-16(21)10-11-17(18)27-4/h7-12H,5-6,13H2,1-4H3,(H,22,24). The van der Waals surface area contributed by atoms with E-state index >= 15 is 0 Å². The van der Waals surface area contributed by atoms with E-state index < -0.39 is 28.3 Å². The summed E-state index contributed by atoms with van der Waals surface area (Å²) in [4.78, 5) is 12.2. The van der Waals surface area contributed by atoms with E-state index in [1.54, 1.807) is 0 Å². The largest absolute Gasteiger partial charge is 0.495 e. The van der Waals surface area contributed by atoms with Gasteiger partial charge in [-0.1, -0.05) is 32.0 Å². The van der Waals surface area contributed by atoms with Gasteiger partial charge < -0.3 is 10.1 Å². The van der Waals surface area contributed by atoms with Gasteiger partial charge in [-0.15, -0.1) is 0 Å². The van der Waals surface area contributed by atoms with Crippen molar-refractivity contribution < 1.29 is 22.3 Å². The van der Waals surface area contributed by atoms with E-state index in [0.717, 1.165) is 40.4 Å². The Kier molecular flexibility index (Phi) is 7.15. The third kappa shape index (κ3) is 4.69. The van der Waals surface area contributed by atoms with Crippen LogP contribution in [0.25, 0.3) is 0 Å². The molecule has 1 amide bonds. The second-order valence-electron chi connectivity index (χ2n) is 6.26. The molecule has 0 fully saturated rings. The predicted octanol–water partition coefficient (Wildman–Crippen LogP) is 3.22. The Bertz CT molecular complexity index is 938. The summed E-state index contributed by atoms with van der Waals surface area (Å²) in [6.07, 6.45) is 1.47. The number of anilines is 1. The number of rotatable bonds is 8. The summed E-state index contributed by atoms with van der Waals surface area (Å²) in [7, 11) is -1.55. The number of carbonyl (C=O) groups is 1. The molecule has 1 N–H and O–H groups in total. The Labute approximate surface area is 165 Å². The SMILES string of the molecule is CCc1cccc(CC)c1NC(=O)CN(C)S(=O)(=O)c1cc(F)ccc1OC. The van der Waals surface area contributed by atoms with E-state index in [1.807, 2.05) is 32.0 Å². The molecule has 152 valence electrons. The number of halogens is 1. The Morgan fingerprint density at radius 1 is 1.14 bits per heavy atom. The molecule has 2 aromatic rings. The number of nitrogens with zero attached hydrogens (tertiary/aromatic N) is 1. The van der Waals surface area contributed by atoms with Gasteiger partial charge in [-0.25, -0.2) is 12.8 Å². The highest BCUT2D eigenvalue weighted by molar-refractivity contribution is 7.89. The average Bonchev–Trinajstić information content (AvgIpc) is 2.67. The molecule has 0 aromatic heterocycles. The van der Waals surface area contributed by atoms with Gasteiger partial charge in [-0.2, -0.15) is 4.31 Å². The van der Waals surface area contributed by atoms with Gasteiger partial charge >= 0.3 is 0 Å². The fraction of sp³-hybridized carbons (Fsp3) is 0.350. The lowest BCUT2D eigenvalue weighted by Crippen LogP contribution is -2.35. The van der Waals surface area contributed by atoms with Crippen molar-refractivity contribution in [1.29, 1.82) is 0 Å². The van der Waals surface area contributed by atoms with Gasteiger partial charge in [0.25, 0.3) is 0 Å². The molecule has 0 aliphatic heterocycles. The number of methoxy groups -OCH3 is 1. The zero-order valence-electron chi connectivity index (χ0n) is 16.5. The topological polar surface area (TPSA) is 75.7 Å². The molecule has 0 unspecified atom stereocenters. The predicted molar refractivity (Wildman–Crippen MR) is 107 cm³/mol. The van der Waals surface area contributed by atoms with Crippen LogP contribution in [0.15, 0.2) is 41.3 Å². The maximum absolute atomic E-state index is 13.6. The van der Waals surface area contributed by atoms with Crippen LogP contribution in [0.4, 0.5) is 10.1 Å². The highest BCUT2D eigenvalue weighted by Crippen LogP contribution is 2.27. The number of nitrogens with one attached hydrogen (secondary N) is 1. The molecular weight excluding hydrogens is 383 g/mol. The molecule has 0 saturated heterocycles. The fourth-order valence-corrected chi connectivity index (χ4v) is 4.18. The number of para-hydroxylation sites is 1. The van der Waals surface area contributed by atoms with Crippen molar-refractivity contribution in [1.82, 2.24) is 4.31 Å². The molecule has 0 aliphatic carbocycles. The number of ether oxygens (including phenoxy) is 1. The summed E-state index contributed by atoms with van der Waals surface area (Å²) in [6, 6.07) is 9.00. The highest BCUT2D eigenvalue weighted by Gasteiger charge is 2.27. The lowest BCUT2D eigenvalue weighted by atomic mass is 10.0. The first kappa shape index (κ1) is 21.8. The minimum Gasteiger partial charge on any atom is -0.495 e. The highest BCUT2D eigenvalue weighted by atomic mass is 32.2. The fourth-order valence-electron chi connectivity index (χ4n) is 2.89. The lowest BCUT2D eigenvalue weighted by Gasteiger charge is -2.20. The summed E-state index contributed by atoms with van der Waals surface area (Å²) in [5.74, 6) is -1.17. The molecule has 0 aliphatic rings. The first-order chi connectivity index (χ1) is 13.2. The van der Waals surface area contributed by atoms with Crippen molar-refractivity contribution in [3.05, 3.63) is 53.3 Å². The van der Waals surface area contributed by atoms with E-state index in [2.05, 4.69) is 5.32 Å². The summed E-state index contributed by atoms with van der Waals surface area (Å²) in [6.45, 7) is 3.55. The molecule has 8 heteroatoms. The number of carbonyl (C=O) groups excluding carboxylic acids is 1. The number of likely N-dealkylation sites (N-methyl/N-ethyl adjacent to an activating group) is 1. The van der Waals surface area contributed by atoms with E-state index in [0.29, 0.717) is 5.69 Å². The first-order valence-electron chi connectivity index (χ1n) is 8.95. The molecule has 0 spiro atoms. The molecule has 6 nitrogen and oxygen atoms in total. The second kappa shape index (κ2) is 9.16. The van der Waals surface area contributed by atoms with Crippen LogP contribution < -0.4 is 10.1 Å². The number of sulfonamides is 1. The van der Waals surface area contributed by atoms with Gasteiger partial charge in [0.05, 0.1) is 13.7 Å². The molecule has 2 rings (SSSR count). The van der Waals surface area contributed by atoms with Crippen LogP contribution in [-0.4, -0.2) is 39.3 Å². The monoisotopic (exact) mass is 408 g/mol. The van der Waals surface area contributed by atoms with Gasteiger partial charge in [0.15, 0.2) is 0 Å². The maximum atomic E-state index is 13.6. The Morgan fingerprint density at radius 3 is 2.29 bits per heavy atom. The minimum absolute atomic E-state index is 0.0123. The number of amides is 1. The number of hydrogen-bond donors (Lipinski definition) is 1. The average molecular weight is 408 g/mol. The summed E-state index contributed by atoms with van der Waals surface area (Å²) >= 11 is 0. The molecular formula is C20H25FN2O4S. The van der Waals surface area contributed by atoms with E-state index in [4.69, 9.17) is 4.74 Å². The third-order valence-corrected chi connectivity index (χ3v) is 6.27. The Hall–Kier alpha value is -2.45. The number of hydrogen-bond acceptors (Lipinski definition) is 4. The third-order valence-electron chi connectivity index (χ3n) is 4.44.